The van der Waals surface area contributed by atoms with Crippen LogP contribution in [0.3, 0.4) is 0 Å². The lowest BCUT2D eigenvalue weighted by molar-refractivity contribution is 0.282. The lowest BCUT2D eigenvalue weighted by Gasteiger charge is -2.07. The van der Waals surface area contributed by atoms with E-state index in [2.05, 4.69) is 26.2 Å². The fourth-order valence-electron chi connectivity index (χ4n) is 1.46. The van der Waals surface area contributed by atoms with Crippen molar-refractivity contribution in [3.63, 3.8) is 0 Å². The Labute approximate surface area is 109 Å². The molecule has 0 spiro atoms. The predicted octanol–water partition coefficient (Wildman–Crippen LogP) is 2.95. The second-order valence-electron chi connectivity index (χ2n) is 3.66. The highest BCUT2D eigenvalue weighted by Gasteiger charge is 1.99. The minimum atomic E-state index is 0.0828. The number of aliphatic hydroxyl groups is 1. The number of hydrogen-bond donors (Lipinski definition) is 2. The van der Waals surface area contributed by atoms with Crippen molar-refractivity contribution in [2.45, 2.75) is 13.2 Å². The molecule has 0 aliphatic rings. The fraction of sp³-hybridized carbons (Fsp3) is 0.154. The number of aromatic nitrogens is 1. The number of halogens is 1. The number of pyridine rings is 1. The molecule has 2 aromatic rings. The molecular weight excluding hydrogens is 280 g/mol. The molecule has 0 bridgehead atoms. The second kappa shape index (κ2) is 5.80. The van der Waals surface area contributed by atoms with Gasteiger partial charge in [0.25, 0.3) is 0 Å². The molecule has 0 atom stereocenters. The number of benzene rings is 1. The first-order valence-corrected chi connectivity index (χ1v) is 6.12. The monoisotopic (exact) mass is 292 g/mol. The summed E-state index contributed by atoms with van der Waals surface area (Å²) >= 11 is 3.43. The van der Waals surface area contributed by atoms with E-state index in [-0.39, 0.29) is 6.61 Å². The molecular formula is C13H13BrN2O. The molecule has 0 unspecified atom stereocenters. The molecule has 0 saturated carbocycles. The second-order valence-corrected chi connectivity index (χ2v) is 4.52. The molecule has 0 amide bonds. The maximum atomic E-state index is 8.94. The predicted molar refractivity (Wildman–Crippen MR) is 71.6 cm³/mol. The standard InChI is InChI=1S/C13H13BrN2O/c14-12-2-1-7-15-13(12)16-8-10-3-5-11(9-17)6-4-10/h1-7,17H,8-9H2,(H,15,16). The van der Waals surface area contributed by atoms with E-state index in [1.807, 2.05) is 36.4 Å². The normalized spacial score (nSPS) is 10.2. The summed E-state index contributed by atoms with van der Waals surface area (Å²) in [4.78, 5) is 4.23. The van der Waals surface area contributed by atoms with Crippen molar-refractivity contribution < 1.29 is 5.11 Å². The minimum Gasteiger partial charge on any atom is -0.392 e. The van der Waals surface area contributed by atoms with Crippen LogP contribution in [0.5, 0.6) is 0 Å². The summed E-state index contributed by atoms with van der Waals surface area (Å²) in [5.41, 5.74) is 2.08. The van der Waals surface area contributed by atoms with Gasteiger partial charge in [-0.25, -0.2) is 4.98 Å². The highest BCUT2D eigenvalue weighted by atomic mass is 79.9. The van der Waals surface area contributed by atoms with Gasteiger partial charge >= 0.3 is 0 Å². The third kappa shape index (κ3) is 3.28. The van der Waals surface area contributed by atoms with Gasteiger partial charge in [0.1, 0.15) is 5.82 Å². The van der Waals surface area contributed by atoms with Crippen molar-refractivity contribution in [1.82, 2.24) is 4.98 Å². The van der Waals surface area contributed by atoms with Crippen LogP contribution in [0.25, 0.3) is 0 Å². The third-order valence-electron chi connectivity index (χ3n) is 2.42. The number of aliphatic hydroxyl groups excluding tert-OH is 1. The zero-order valence-electron chi connectivity index (χ0n) is 9.23. The highest BCUT2D eigenvalue weighted by molar-refractivity contribution is 9.10. The summed E-state index contributed by atoms with van der Waals surface area (Å²) in [5, 5.41) is 12.2. The molecule has 0 radical (unpaired) electrons. The largest absolute Gasteiger partial charge is 0.392 e. The van der Waals surface area contributed by atoms with Crippen LogP contribution in [-0.4, -0.2) is 10.1 Å². The molecule has 17 heavy (non-hydrogen) atoms. The van der Waals surface area contributed by atoms with Gasteiger partial charge in [-0.1, -0.05) is 24.3 Å². The molecule has 3 nitrogen and oxygen atoms in total. The molecule has 0 aliphatic carbocycles. The Morgan fingerprint density at radius 3 is 2.47 bits per heavy atom. The molecule has 88 valence electrons. The summed E-state index contributed by atoms with van der Waals surface area (Å²) in [6.07, 6.45) is 1.75. The van der Waals surface area contributed by atoms with Crippen LogP contribution in [-0.2, 0) is 13.2 Å². The molecule has 0 aliphatic heterocycles. The smallest absolute Gasteiger partial charge is 0.140 e. The van der Waals surface area contributed by atoms with Crippen molar-refractivity contribution >= 4 is 21.7 Å². The van der Waals surface area contributed by atoms with E-state index in [0.717, 1.165) is 21.4 Å². The topological polar surface area (TPSA) is 45.1 Å². The van der Waals surface area contributed by atoms with E-state index in [4.69, 9.17) is 5.11 Å². The number of rotatable bonds is 4. The molecule has 1 aromatic carbocycles. The van der Waals surface area contributed by atoms with Crippen LogP contribution >= 0.6 is 15.9 Å². The van der Waals surface area contributed by atoms with E-state index < -0.39 is 0 Å². The van der Waals surface area contributed by atoms with Crippen LogP contribution in [0, 0.1) is 0 Å². The van der Waals surface area contributed by atoms with Crippen molar-refractivity contribution in [1.29, 1.82) is 0 Å². The Kier molecular flexibility index (Phi) is 4.12. The first-order valence-electron chi connectivity index (χ1n) is 5.32. The van der Waals surface area contributed by atoms with Crippen LogP contribution < -0.4 is 5.32 Å². The summed E-state index contributed by atoms with van der Waals surface area (Å²) in [5.74, 6) is 0.832. The zero-order chi connectivity index (χ0) is 12.1. The maximum absolute atomic E-state index is 8.94. The molecule has 0 fully saturated rings. The van der Waals surface area contributed by atoms with Gasteiger partial charge < -0.3 is 10.4 Å². The van der Waals surface area contributed by atoms with E-state index in [1.54, 1.807) is 6.20 Å². The first-order chi connectivity index (χ1) is 8.29. The van der Waals surface area contributed by atoms with Gasteiger partial charge in [0.05, 0.1) is 11.1 Å². The first kappa shape index (κ1) is 12.1. The highest BCUT2D eigenvalue weighted by Crippen LogP contribution is 2.19. The van der Waals surface area contributed by atoms with Gasteiger partial charge in [0.2, 0.25) is 0 Å². The SMILES string of the molecule is OCc1ccc(CNc2ncccc2Br)cc1. The third-order valence-corrected chi connectivity index (χ3v) is 3.06. The Bertz CT molecular complexity index is 485. The lowest BCUT2D eigenvalue weighted by Crippen LogP contribution is -2.01. The Morgan fingerprint density at radius 1 is 1.12 bits per heavy atom. The van der Waals surface area contributed by atoms with E-state index in [1.165, 1.54) is 0 Å². The summed E-state index contributed by atoms with van der Waals surface area (Å²) in [6, 6.07) is 11.7. The summed E-state index contributed by atoms with van der Waals surface area (Å²) < 4.78 is 0.951. The zero-order valence-corrected chi connectivity index (χ0v) is 10.8. The van der Waals surface area contributed by atoms with Gasteiger partial charge in [-0.2, -0.15) is 0 Å². The Morgan fingerprint density at radius 2 is 1.82 bits per heavy atom. The van der Waals surface area contributed by atoms with Gasteiger partial charge in [0.15, 0.2) is 0 Å². The average molecular weight is 293 g/mol. The number of nitrogens with one attached hydrogen (secondary N) is 1. The number of nitrogens with zero attached hydrogens (tertiary/aromatic N) is 1. The van der Waals surface area contributed by atoms with Crippen molar-refractivity contribution in [3.05, 3.63) is 58.2 Å². The number of anilines is 1. The lowest BCUT2D eigenvalue weighted by atomic mass is 10.1. The van der Waals surface area contributed by atoms with Crippen molar-refractivity contribution in [2.75, 3.05) is 5.32 Å². The molecule has 2 N–H and O–H groups in total. The molecule has 0 saturated heterocycles. The van der Waals surface area contributed by atoms with Gasteiger partial charge in [-0.05, 0) is 39.2 Å². The van der Waals surface area contributed by atoms with Gasteiger partial charge in [-0.3, -0.25) is 0 Å². The minimum absolute atomic E-state index is 0.0828. The van der Waals surface area contributed by atoms with Gasteiger partial charge in [-0.15, -0.1) is 0 Å². The van der Waals surface area contributed by atoms with Crippen molar-refractivity contribution in [3.8, 4) is 0 Å². The summed E-state index contributed by atoms with van der Waals surface area (Å²) in [6.45, 7) is 0.792. The Balaban J connectivity index is 2.00. The van der Waals surface area contributed by atoms with E-state index >= 15 is 0 Å². The fourth-order valence-corrected chi connectivity index (χ4v) is 1.86. The summed E-state index contributed by atoms with van der Waals surface area (Å²) in [7, 11) is 0. The Hall–Kier alpha value is -1.39. The van der Waals surface area contributed by atoms with Gasteiger partial charge in [0, 0.05) is 12.7 Å². The van der Waals surface area contributed by atoms with E-state index in [0.29, 0.717) is 6.54 Å². The molecule has 1 heterocycles. The van der Waals surface area contributed by atoms with Crippen LogP contribution in [0.1, 0.15) is 11.1 Å². The van der Waals surface area contributed by atoms with Crippen LogP contribution in [0.2, 0.25) is 0 Å². The average Bonchev–Trinajstić information content (AvgIpc) is 2.38. The number of hydrogen-bond acceptors (Lipinski definition) is 3. The quantitative estimate of drug-likeness (QED) is 0.911. The van der Waals surface area contributed by atoms with Crippen molar-refractivity contribution in [2.24, 2.45) is 0 Å². The van der Waals surface area contributed by atoms with Crippen LogP contribution in [0.15, 0.2) is 47.1 Å². The molecule has 4 heteroatoms. The van der Waals surface area contributed by atoms with E-state index in [9.17, 15) is 0 Å². The molecule has 2 rings (SSSR count). The molecule has 1 aromatic heterocycles. The maximum Gasteiger partial charge on any atom is 0.140 e. The van der Waals surface area contributed by atoms with Crippen LogP contribution in [0.4, 0.5) is 5.82 Å².